The molecule has 4 rings (SSSR count). The predicted molar refractivity (Wildman–Crippen MR) is 82.5 cm³/mol. The van der Waals surface area contributed by atoms with Crippen molar-refractivity contribution in [3.8, 4) is 6.07 Å². The van der Waals surface area contributed by atoms with Crippen molar-refractivity contribution < 1.29 is 0 Å². The van der Waals surface area contributed by atoms with Crippen molar-refractivity contribution in [2.45, 2.75) is 6.92 Å². The van der Waals surface area contributed by atoms with Gasteiger partial charge in [-0.3, -0.25) is 9.20 Å². The number of benzene rings is 2. The second kappa shape index (κ2) is 3.97. The smallest absolute Gasteiger partial charge is 0.264 e. The average Bonchev–Trinajstić information content (AvgIpc) is 2.86. The maximum Gasteiger partial charge on any atom is 0.264 e. The molecule has 21 heavy (non-hydrogen) atoms. The molecule has 0 atom stereocenters. The number of imidazole rings is 1. The summed E-state index contributed by atoms with van der Waals surface area (Å²) in [6, 6.07) is 15.3. The van der Waals surface area contributed by atoms with Crippen molar-refractivity contribution in [3.05, 3.63) is 63.9 Å². The Balaban J connectivity index is 2.41. The number of hydrogen-bond donors (Lipinski definition) is 1. The first-order valence-electron chi connectivity index (χ1n) is 6.66. The van der Waals surface area contributed by atoms with Crippen LogP contribution in [0, 0.1) is 18.3 Å². The lowest BCUT2D eigenvalue weighted by molar-refractivity contribution is 1.17. The number of nitrogens with zero attached hydrogens (tertiary/aromatic N) is 2. The molecular formula is C17H11N3O. The summed E-state index contributed by atoms with van der Waals surface area (Å²) in [6.45, 7) is 2.00. The van der Waals surface area contributed by atoms with E-state index in [9.17, 15) is 10.1 Å². The van der Waals surface area contributed by atoms with E-state index in [1.165, 1.54) is 0 Å². The largest absolute Gasteiger partial charge is 0.338 e. The molecule has 0 amide bonds. The van der Waals surface area contributed by atoms with Gasteiger partial charge in [-0.15, -0.1) is 0 Å². The van der Waals surface area contributed by atoms with E-state index in [0.29, 0.717) is 22.0 Å². The highest BCUT2D eigenvalue weighted by molar-refractivity contribution is 5.95. The summed E-state index contributed by atoms with van der Waals surface area (Å²) in [5.74, 6) is 0. The van der Waals surface area contributed by atoms with Gasteiger partial charge in [-0.1, -0.05) is 24.3 Å². The van der Waals surface area contributed by atoms with E-state index in [0.717, 1.165) is 16.6 Å². The highest BCUT2D eigenvalue weighted by Gasteiger charge is 2.15. The molecule has 4 nitrogen and oxygen atoms in total. The SMILES string of the molecule is Cc1ccc2c(c1)[nH]c1c(C#N)c3ccccc3c(=O)n12. The molecule has 1 N–H and O–H groups in total. The molecule has 100 valence electrons. The molecule has 0 fully saturated rings. The standard InChI is InChI=1S/C17H11N3O/c1-10-6-7-15-14(8-10)19-16-13(9-18)11-4-2-3-5-12(11)17(21)20(15)16/h2-8,19H,1H3. The summed E-state index contributed by atoms with van der Waals surface area (Å²) in [6.07, 6.45) is 0. The minimum Gasteiger partial charge on any atom is -0.338 e. The number of aromatic nitrogens is 2. The fourth-order valence-electron chi connectivity index (χ4n) is 2.88. The first-order chi connectivity index (χ1) is 10.2. The lowest BCUT2D eigenvalue weighted by atomic mass is 10.1. The zero-order valence-electron chi connectivity index (χ0n) is 11.3. The number of pyridine rings is 1. The van der Waals surface area contributed by atoms with E-state index in [1.807, 2.05) is 43.3 Å². The van der Waals surface area contributed by atoms with Gasteiger partial charge in [-0.2, -0.15) is 5.26 Å². The molecule has 4 heteroatoms. The summed E-state index contributed by atoms with van der Waals surface area (Å²) in [5, 5.41) is 10.8. The maximum atomic E-state index is 12.7. The summed E-state index contributed by atoms with van der Waals surface area (Å²) in [4.78, 5) is 16.0. The number of H-pyrrole nitrogens is 1. The van der Waals surface area contributed by atoms with Gasteiger partial charge < -0.3 is 4.98 Å². The molecular weight excluding hydrogens is 262 g/mol. The molecule has 0 bridgehead atoms. The van der Waals surface area contributed by atoms with Gasteiger partial charge in [0.25, 0.3) is 5.56 Å². The Hall–Kier alpha value is -3.06. The van der Waals surface area contributed by atoms with Gasteiger partial charge in [0, 0.05) is 10.8 Å². The number of nitriles is 1. The van der Waals surface area contributed by atoms with Crippen molar-refractivity contribution >= 4 is 27.5 Å². The van der Waals surface area contributed by atoms with Crippen LogP contribution in [0.3, 0.4) is 0 Å². The number of nitrogens with one attached hydrogen (secondary N) is 1. The molecule has 0 unspecified atom stereocenters. The van der Waals surface area contributed by atoms with Gasteiger partial charge in [0.2, 0.25) is 0 Å². The van der Waals surface area contributed by atoms with Crippen molar-refractivity contribution in [1.29, 1.82) is 5.26 Å². The summed E-state index contributed by atoms with van der Waals surface area (Å²) >= 11 is 0. The Morgan fingerprint density at radius 3 is 2.67 bits per heavy atom. The van der Waals surface area contributed by atoms with Crippen LogP contribution in [-0.4, -0.2) is 9.38 Å². The summed E-state index contributed by atoms with van der Waals surface area (Å²) in [7, 11) is 0. The van der Waals surface area contributed by atoms with Gasteiger partial charge >= 0.3 is 0 Å². The normalized spacial score (nSPS) is 11.2. The molecule has 0 spiro atoms. The van der Waals surface area contributed by atoms with E-state index in [-0.39, 0.29) is 5.56 Å². The van der Waals surface area contributed by atoms with Crippen LogP contribution in [0.5, 0.6) is 0 Å². The number of hydrogen-bond acceptors (Lipinski definition) is 2. The Labute approximate surface area is 119 Å². The van der Waals surface area contributed by atoms with Gasteiger partial charge in [-0.05, 0) is 30.7 Å². The predicted octanol–water partition coefficient (Wildman–Crippen LogP) is 3.11. The van der Waals surface area contributed by atoms with Crippen LogP contribution in [0.2, 0.25) is 0 Å². The van der Waals surface area contributed by atoms with Crippen molar-refractivity contribution in [1.82, 2.24) is 9.38 Å². The number of aromatic amines is 1. The minimum atomic E-state index is -0.102. The van der Waals surface area contributed by atoms with Crippen LogP contribution in [0.1, 0.15) is 11.1 Å². The van der Waals surface area contributed by atoms with Crippen LogP contribution < -0.4 is 5.56 Å². The van der Waals surface area contributed by atoms with Gasteiger partial charge in [0.15, 0.2) is 0 Å². The Morgan fingerprint density at radius 1 is 1.14 bits per heavy atom. The third-order valence-corrected chi connectivity index (χ3v) is 3.85. The van der Waals surface area contributed by atoms with Crippen molar-refractivity contribution in [3.63, 3.8) is 0 Å². The average molecular weight is 273 g/mol. The number of fused-ring (bicyclic) bond motifs is 4. The molecule has 0 radical (unpaired) electrons. The van der Waals surface area contributed by atoms with E-state index in [2.05, 4.69) is 11.1 Å². The van der Waals surface area contributed by atoms with Gasteiger partial charge in [0.1, 0.15) is 17.3 Å². The molecule has 2 heterocycles. The molecule has 0 aliphatic heterocycles. The first kappa shape index (κ1) is 11.7. The van der Waals surface area contributed by atoms with Crippen LogP contribution in [0.15, 0.2) is 47.3 Å². The van der Waals surface area contributed by atoms with Crippen molar-refractivity contribution in [2.75, 3.05) is 0 Å². The third kappa shape index (κ3) is 1.46. The van der Waals surface area contributed by atoms with Gasteiger partial charge in [-0.25, -0.2) is 0 Å². The molecule has 0 saturated heterocycles. The van der Waals surface area contributed by atoms with E-state index < -0.39 is 0 Å². The van der Waals surface area contributed by atoms with Crippen LogP contribution >= 0.6 is 0 Å². The highest BCUT2D eigenvalue weighted by Crippen LogP contribution is 2.23. The fourth-order valence-corrected chi connectivity index (χ4v) is 2.88. The Kier molecular flexibility index (Phi) is 2.22. The molecule has 0 aliphatic carbocycles. The second-order valence-corrected chi connectivity index (χ2v) is 5.17. The highest BCUT2D eigenvalue weighted by atomic mass is 16.1. The molecule has 2 aromatic carbocycles. The molecule has 2 aromatic heterocycles. The fraction of sp³-hybridized carbons (Fsp3) is 0.0588. The first-order valence-corrected chi connectivity index (χ1v) is 6.66. The molecule has 4 aromatic rings. The lowest BCUT2D eigenvalue weighted by Crippen LogP contribution is -2.14. The summed E-state index contributed by atoms with van der Waals surface area (Å²) < 4.78 is 1.59. The lowest BCUT2D eigenvalue weighted by Gasteiger charge is -2.02. The Morgan fingerprint density at radius 2 is 1.90 bits per heavy atom. The molecule has 0 aliphatic rings. The zero-order valence-corrected chi connectivity index (χ0v) is 11.3. The quantitative estimate of drug-likeness (QED) is 0.535. The third-order valence-electron chi connectivity index (χ3n) is 3.85. The maximum absolute atomic E-state index is 12.7. The van der Waals surface area contributed by atoms with Gasteiger partial charge in [0.05, 0.1) is 11.0 Å². The van der Waals surface area contributed by atoms with Crippen LogP contribution in [-0.2, 0) is 0 Å². The Bertz CT molecular complexity index is 1130. The summed E-state index contributed by atoms with van der Waals surface area (Å²) in [5.41, 5.74) is 3.71. The number of rotatable bonds is 0. The van der Waals surface area contributed by atoms with E-state index in [1.54, 1.807) is 10.5 Å². The minimum absolute atomic E-state index is 0.102. The van der Waals surface area contributed by atoms with E-state index >= 15 is 0 Å². The zero-order chi connectivity index (χ0) is 14.6. The number of aryl methyl sites for hydroxylation is 1. The monoisotopic (exact) mass is 273 g/mol. The topological polar surface area (TPSA) is 61.1 Å². The van der Waals surface area contributed by atoms with Crippen molar-refractivity contribution in [2.24, 2.45) is 0 Å². The van der Waals surface area contributed by atoms with Crippen LogP contribution in [0.25, 0.3) is 27.5 Å². The molecule has 0 saturated carbocycles. The van der Waals surface area contributed by atoms with E-state index in [4.69, 9.17) is 0 Å². The van der Waals surface area contributed by atoms with Crippen LogP contribution in [0.4, 0.5) is 0 Å². The second-order valence-electron chi connectivity index (χ2n) is 5.17.